The normalized spacial score (nSPS) is 19.7. The number of anilines is 3. The minimum atomic E-state index is -4.75. The number of nitrogen functional groups attached to an aromatic ring is 1. The van der Waals surface area contributed by atoms with Gasteiger partial charge in [0.05, 0.1) is 27.8 Å². The number of sulfone groups is 1. The summed E-state index contributed by atoms with van der Waals surface area (Å²) in [5.74, 6) is -1.28. The number of rotatable bonds is 5. The molecule has 2 unspecified atom stereocenters. The maximum atomic E-state index is 13.5. The van der Waals surface area contributed by atoms with Crippen molar-refractivity contribution < 1.29 is 26.2 Å². The third kappa shape index (κ3) is 3.82. The first-order valence-electron chi connectivity index (χ1n) is 9.72. The molecule has 0 heterocycles. The molecule has 0 fully saturated rings. The van der Waals surface area contributed by atoms with Gasteiger partial charge in [-0.05, 0) is 29.8 Å². The number of hydrogen-bond acceptors (Lipinski definition) is 7. The molecule has 2 aromatic carbocycles. The molecule has 0 aliphatic heterocycles. The molecule has 0 radical (unpaired) electrons. The predicted molar refractivity (Wildman–Crippen MR) is 126 cm³/mol. The summed E-state index contributed by atoms with van der Waals surface area (Å²) >= 11 is 0. The predicted octanol–water partition coefficient (Wildman–Crippen LogP) is 3.74. The number of allylic oxidation sites excluding steroid dienone is 5. The first kappa shape index (κ1) is 22.7. The van der Waals surface area contributed by atoms with Crippen molar-refractivity contribution in [3.05, 3.63) is 84.3 Å². The number of nitrogens with one attached hydrogen (secondary N) is 1. The lowest BCUT2D eigenvalue weighted by Crippen LogP contribution is -2.31. The number of carbonyl (C=O) groups excluding carboxylic acids is 1. The van der Waals surface area contributed by atoms with Gasteiger partial charge in [-0.25, -0.2) is 8.42 Å². The zero-order valence-corrected chi connectivity index (χ0v) is 18.9. The monoisotopic (exact) mass is 484 g/mol. The van der Waals surface area contributed by atoms with E-state index in [0.717, 1.165) is 11.5 Å². The molecule has 0 bridgehead atoms. The molecule has 2 aliphatic carbocycles. The lowest BCUT2D eigenvalue weighted by atomic mass is 9.70. The zero-order chi connectivity index (χ0) is 24.1. The molecule has 2 aromatic rings. The second-order valence-electron chi connectivity index (χ2n) is 7.64. The van der Waals surface area contributed by atoms with Crippen LogP contribution < -0.4 is 11.1 Å². The Balaban J connectivity index is 1.96. The van der Waals surface area contributed by atoms with E-state index in [1.165, 1.54) is 18.2 Å². The van der Waals surface area contributed by atoms with E-state index < -0.39 is 36.7 Å². The summed E-state index contributed by atoms with van der Waals surface area (Å²) < 4.78 is 58.2. The fourth-order valence-electron chi connectivity index (χ4n) is 4.10. The lowest BCUT2D eigenvalue weighted by molar-refractivity contribution is 0.0928. The molecule has 170 valence electrons. The second-order valence-corrected chi connectivity index (χ2v) is 10.9. The molecular formula is C23H20N2O6S2. The standard InChI is InChI=1S/C23H20N2O6S2/c1-3-32(27,28)15-8-6-7-14(11-15)25-18-12-19(33(29,30)31)22(24)20-13(2)16-9-4-5-10-17(16)23(26)21(18)20/h3-12,16-17,25H,1-2,24H2,(H,29,30,31). The van der Waals surface area contributed by atoms with Gasteiger partial charge in [-0.15, -0.1) is 0 Å². The summed E-state index contributed by atoms with van der Waals surface area (Å²) in [5.41, 5.74) is 6.84. The van der Waals surface area contributed by atoms with Gasteiger partial charge in [0.25, 0.3) is 10.1 Å². The minimum Gasteiger partial charge on any atom is -0.397 e. The number of Topliss-reactive ketones (excluding diaryl/α,β-unsaturated/α-hetero) is 1. The van der Waals surface area contributed by atoms with Crippen molar-refractivity contribution in [2.45, 2.75) is 9.79 Å². The highest BCUT2D eigenvalue weighted by Crippen LogP contribution is 2.48. The van der Waals surface area contributed by atoms with Crippen molar-refractivity contribution in [1.82, 2.24) is 0 Å². The quantitative estimate of drug-likeness (QED) is 0.430. The van der Waals surface area contributed by atoms with Gasteiger partial charge in [0.15, 0.2) is 15.6 Å². The third-order valence-electron chi connectivity index (χ3n) is 5.68. The molecule has 0 spiro atoms. The summed E-state index contributed by atoms with van der Waals surface area (Å²) in [7, 11) is -8.48. The molecule has 33 heavy (non-hydrogen) atoms. The number of nitrogens with two attached hydrogens (primary N) is 1. The maximum absolute atomic E-state index is 13.5. The van der Waals surface area contributed by atoms with Crippen LogP contribution in [0, 0.1) is 11.8 Å². The van der Waals surface area contributed by atoms with Crippen molar-refractivity contribution in [3.63, 3.8) is 0 Å². The lowest BCUT2D eigenvalue weighted by Gasteiger charge is -2.34. The fourth-order valence-corrected chi connectivity index (χ4v) is 5.50. The molecule has 0 aromatic heterocycles. The highest BCUT2D eigenvalue weighted by molar-refractivity contribution is 7.94. The van der Waals surface area contributed by atoms with Crippen molar-refractivity contribution in [2.75, 3.05) is 11.1 Å². The van der Waals surface area contributed by atoms with Crippen LogP contribution in [0.15, 0.2) is 83.0 Å². The molecule has 8 nitrogen and oxygen atoms in total. The Hall–Kier alpha value is -3.47. The van der Waals surface area contributed by atoms with Crippen LogP contribution >= 0.6 is 0 Å². The van der Waals surface area contributed by atoms with Crippen LogP contribution in [0.3, 0.4) is 0 Å². The van der Waals surface area contributed by atoms with Crippen LogP contribution in [-0.2, 0) is 20.0 Å². The SMILES string of the molecule is C=CS(=O)(=O)c1cccc(Nc2cc(S(=O)(=O)O)c(N)c3c2C(=O)C2C=CC=CC2C3=C)c1. The minimum absolute atomic E-state index is 0.0435. The van der Waals surface area contributed by atoms with E-state index in [4.69, 9.17) is 5.73 Å². The van der Waals surface area contributed by atoms with E-state index in [1.807, 2.05) is 0 Å². The van der Waals surface area contributed by atoms with E-state index in [0.29, 0.717) is 5.57 Å². The molecule has 0 saturated heterocycles. The molecule has 4 N–H and O–H groups in total. The van der Waals surface area contributed by atoms with E-state index in [2.05, 4.69) is 18.5 Å². The highest BCUT2D eigenvalue weighted by atomic mass is 32.2. The van der Waals surface area contributed by atoms with E-state index in [1.54, 1.807) is 30.4 Å². The Morgan fingerprint density at radius 1 is 1.03 bits per heavy atom. The zero-order valence-electron chi connectivity index (χ0n) is 17.2. The van der Waals surface area contributed by atoms with Crippen LogP contribution in [0.5, 0.6) is 0 Å². The highest BCUT2D eigenvalue weighted by Gasteiger charge is 2.40. The first-order chi connectivity index (χ1) is 15.5. The molecule has 0 amide bonds. The van der Waals surface area contributed by atoms with Crippen molar-refractivity contribution >= 4 is 48.4 Å². The Labute approximate surface area is 191 Å². The van der Waals surface area contributed by atoms with E-state index >= 15 is 0 Å². The number of ketones is 1. The van der Waals surface area contributed by atoms with Crippen LogP contribution in [0.4, 0.5) is 17.1 Å². The molecule has 2 aliphatic rings. The van der Waals surface area contributed by atoms with Gasteiger partial charge in [-0.1, -0.05) is 43.5 Å². The van der Waals surface area contributed by atoms with Gasteiger partial charge in [-0.3, -0.25) is 9.35 Å². The third-order valence-corrected chi connectivity index (χ3v) is 7.92. The summed E-state index contributed by atoms with van der Waals surface area (Å²) in [6.45, 7) is 7.35. The van der Waals surface area contributed by atoms with Crippen molar-refractivity contribution in [1.29, 1.82) is 0 Å². The largest absolute Gasteiger partial charge is 0.397 e. The number of carbonyl (C=O) groups is 1. The van der Waals surface area contributed by atoms with Gasteiger partial charge in [-0.2, -0.15) is 8.42 Å². The number of fused-ring (bicyclic) bond motifs is 2. The average Bonchev–Trinajstić information content (AvgIpc) is 2.77. The summed E-state index contributed by atoms with van der Waals surface area (Å²) in [6.07, 6.45) is 7.02. The fraction of sp³-hybridized carbons (Fsp3) is 0.0870. The Morgan fingerprint density at radius 2 is 1.70 bits per heavy atom. The van der Waals surface area contributed by atoms with Crippen LogP contribution in [0.2, 0.25) is 0 Å². The van der Waals surface area contributed by atoms with Crippen molar-refractivity contribution in [3.8, 4) is 0 Å². The van der Waals surface area contributed by atoms with Crippen LogP contribution in [0.25, 0.3) is 5.57 Å². The summed E-state index contributed by atoms with van der Waals surface area (Å²) in [5, 5.41) is 3.73. The van der Waals surface area contributed by atoms with Gasteiger partial charge >= 0.3 is 0 Å². The van der Waals surface area contributed by atoms with E-state index in [-0.39, 0.29) is 38.9 Å². The molecule has 4 rings (SSSR count). The molecular weight excluding hydrogens is 464 g/mol. The smallest absolute Gasteiger partial charge is 0.296 e. The molecule has 2 atom stereocenters. The maximum Gasteiger partial charge on any atom is 0.296 e. The van der Waals surface area contributed by atoms with Gasteiger partial charge in [0.1, 0.15) is 4.90 Å². The van der Waals surface area contributed by atoms with E-state index in [9.17, 15) is 26.2 Å². The Bertz CT molecular complexity index is 1500. The Morgan fingerprint density at radius 3 is 2.33 bits per heavy atom. The Kier molecular flexibility index (Phi) is 5.39. The summed E-state index contributed by atoms with van der Waals surface area (Å²) in [4.78, 5) is 12.8. The molecule has 10 heteroatoms. The van der Waals surface area contributed by atoms with Gasteiger partial charge in [0, 0.05) is 22.6 Å². The average molecular weight is 485 g/mol. The number of hydrogen-bond donors (Lipinski definition) is 3. The van der Waals surface area contributed by atoms with Gasteiger partial charge < -0.3 is 11.1 Å². The number of benzene rings is 2. The summed E-state index contributed by atoms with van der Waals surface area (Å²) in [6, 6.07) is 6.79. The first-order valence-corrected chi connectivity index (χ1v) is 12.7. The second kappa shape index (κ2) is 7.84. The van der Waals surface area contributed by atoms with Crippen LogP contribution in [-0.4, -0.2) is 27.2 Å². The molecule has 0 saturated carbocycles. The van der Waals surface area contributed by atoms with Crippen molar-refractivity contribution in [2.24, 2.45) is 11.8 Å². The van der Waals surface area contributed by atoms with Crippen LogP contribution in [0.1, 0.15) is 15.9 Å². The topological polar surface area (TPSA) is 144 Å². The van der Waals surface area contributed by atoms with Gasteiger partial charge in [0.2, 0.25) is 0 Å².